The molecule has 21 heavy (non-hydrogen) atoms. The molecule has 1 fully saturated rings. The Bertz CT molecular complexity index is 702. The lowest BCUT2D eigenvalue weighted by atomic mass is 10.2. The first-order valence-electron chi connectivity index (χ1n) is 6.52. The number of rotatable bonds is 3. The average Bonchev–Trinajstić information content (AvgIpc) is 3.11. The first kappa shape index (κ1) is 13.6. The fourth-order valence-electron chi connectivity index (χ4n) is 2.30. The van der Waals surface area contributed by atoms with Crippen LogP contribution in [0, 0.1) is 0 Å². The van der Waals surface area contributed by atoms with Gasteiger partial charge in [-0.3, -0.25) is 14.5 Å². The van der Waals surface area contributed by atoms with Crippen molar-refractivity contribution in [1.29, 1.82) is 0 Å². The summed E-state index contributed by atoms with van der Waals surface area (Å²) < 4.78 is 5.07. The second kappa shape index (κ2) is 5.58. The Labute approximate surface area is 126 Å². The van der Waals surface area contributed by atoms with Gasteiger partial charge in [0.15, 0.2) is 5.76 Å². The Hall–Kier alpha value is -2.33. The Kier molecular flexibility index (Phi) is 3.62. The third kappa shape index (κ3) is 2.76. The fraction of sp³-hybridized carbons (Fsp3) is 0.125. The summed E-state index contributed by atoms with van der Waals surface area (Å²) in [6.45, 7) is 0. The van der Waals surface area contributed by atoms with Crippen molar-refractivity contribution in [2.45, 2.75) is 12.8 Å². The topological polar surface area (TPSA) is 50.5 Å². The molecule has 1 aromatic heterocycles. The number of carbonyl (C=O) groups excluding carboxylic acids is 2. The first-order valence-corrected chi connectivity index (χ1v) is 6.90. The van der Waals surface area contributed by atoms with Crippen molar-refractivity contribution < 1.29 is 14.0 Å². The number of hydrogen-bond donors (Lipinski definition) is 0. The minimum Gasteiger partial charge on any atom is -0.461 e. The molecule has 1 saturated heterocycles. The number of allylic oxidation sites excluding steroid dienone is 2. The number of carbonyl (C=O) groups is 2. The van der Waals surface area contributed by atoms with E-state index in [1.54, 1.807) is 41.3 Å². The highest BCUT2D eigenvalue weighted by molar-refractivity contribution is 6.30. The Balaban J connectivity index is 1.92. The molecule has 2 heterocycles. The molecule has 0 N–H and O–H groups in total. The minimum atomic E-state index is -0.247. The van der Waals surface area contributed by atoms with E-state index in [9.17, 15) is 9.59 Å². The second-order valence-corrected chi connectivity index (χ2v) is 5.12. The Morgan fingerprint density at radius 2 is 1.95 bits per heavy atom. The number of hydrogen-bond acceptors (Lipinski definition) is 3. The Morgan fingerprint density at radius 3 is 2.62 bits per heavy atom. The molecule has 5 heteroatoms. The van der Waals surface area contributed by atoms with E-state index >= 15 is 0 Å². The second-order valence-electron chi connectivity index (χ2n) is 4.68. The van der Waals surface area contributed by atoms with Crippen LogP contribution in [0.15, 0.2) is 58.9 Å². The van der Waals surface area contributed by atoms with Gasteiger partial charge in [-0.05, 0) is 42.8 Å². The summed E-state index contributed by atoms with van der Waals surface area (Å²) in [5, 5.41) is 0.600. The van der Waals surface area contributed by atoms with Crippen LogP contribution in [-0.4, -0.2) is 11.7 Å². The molecule has 0 saturated carbocycles. The highest BCUT2D eigenvalue weighted by Crippen LogP contribution is 2.30. The molecule has 4 nitrogen and oxygen atoms in total. The van der Waals surface area contributed by atoms with E-state index in [0.29, 0.717) is 29.2 Å². The molecule has 1 amide bonds. The van der Waals surface area contributed by atoms with Crippen LogP contribution >= 0.6 is 11.6 Å². The van der Waals surface area contributed by atoms with Crippen molar-refractivity contribution in [2.24, 2.45) is 0 Å². The summed E-state index contributed by atoms with van der Waals surface area (Å²) in [7, 11) is 0. The lowest BCUT2D eigenvalue weighted by Crippen LogP contribution is -2.22. The quantitative estimate of drug-likeness (QED) is 0.639. The van der Waals surface area contributed by atoms with Gasteiger partial charge in [-0.25, -0.2) is 0 Å². The summed E-state index contributed by atoms with van der Waals surface area (Å²) >= 11 is 5.86. The summed E-state index contributed by atoms with van der Waals surface area (Å²) in [5.74, 6) is -0.0163. The molecular formula is C16H12ClNO3. The first-order chi connectivity index (χ1) is 10.1. The van der Waals surface area contributed by atoms with Gasteiger partial charge in [-0.1, -0.05) is 11.6 Å². The molecule has 1 aromatic carbocycles. The van der Waals surface area contributed by atoms with Gasteiger partial charge in [0.1, 0.15) is 0 Å². The van der Waals surface area contributed by atoms with Gasteiger partial charge in [0.2, 0.25) is 11.7 Å². The van der Waals surface area contributed by atoms with Crippen LogP contribution in [-0.2, 0) is 4.79 Å². The molecule has 1 aliphatic heterocycles. The molecule has 0 atom stereocenters. The van der Waals surface area contributed by atoms with Crippen molar-refractivity contribution in [2.75, 3.05) is 4.90 Å². The van der Waals surface area contributed by atoms with Gasteiger partial charge in [-0.15, -0.1) is 0 Å². The predicted octanol–water partition coefficient (Wildman–Crippen LogP) is 3.83. The van der Waals surface area contributed by atoms with E-state index < -0.39 is 0 Å². The van der Waals surface area contributed by atoms with Crippen LogP contribution in [0.1, 0.15) is 23.4 Å². The molecule has 0 aliphatic carbocycles. The van der Waals surface area contributed by atoms with Gasteiger partial charge in [-0.2, -0.15) is 0 Å². The van der Waals surface area contributed by atoms with Crippen LogP contribution in [0.5, 0.6) is 0 Å². The Morgan fingerprint density at radius 1 is 1.19 bits per heavy atom. The normalized spacial score (nSPS) is 16.7. The van der Waals surface area contributed by atoms with Gasteiger partial charge in [0, 0.05) is 28.9 Å². The average molecular weight is 302 g/mol. The maximum Gasteiger partial charge on any atom is 0.231 e. The van der Waals surface area contributed by atoms with E-state index in [2.05, 4.69) is 0 Å². The highest BCUT2D eigenvalue weighted by Gasteiger charge is 2.28. The number of anilines is 1. The zero-order valence-corrected chi connectivity index (χ0v) is 11.8. The van der Waals surface area contributed by atoms with Crippen LogP contribution in [0.4, 0.5) is 5.69 Å². The molecule has 0 spiro atoms. The summed E-state index contributed by atoms with van der Waals surface area (Å²) in [6, 6.07) is 10.2. The van der Waals surface area contributed by atoms with Gasteiger partial charge in [0.25, 0.3) is 0 Å². The van der Waals surface area contributed by atoms with E-state index in [-0.39, 0.29) is 17.5 Å². The smallest absolute Gasteiger partial charge is 0.231 e. The van der Waals surface area contributed by atoms with Crippen LogP contribution < -0.4 is 4.90 Å². The van der Waals surface area contributed by atoms with Crippen LogP contribution in [0.3, 0.4) is 0 Å². The minimum absolute atomic E-state index is 0.0317. The van der Waals surface area contributed by atoms with Crippen LogP contribution in [0.25, 0.3) is 0 Å². The number of benzene rings is 1. The van der Waals surface area contributed by atoms with Gasteiger partial charge < -0.3 is 4.42 Å². The number of furan rings is 1. The van der Waals surface area contributed by atoms with Gasteiger partial charge in [0.05, 0.1) is 6.26 Å². The molecule has 106 valence electrons. The zero-order chi connectivity index (χ0) is 14.8. The largest absolute Gasteiger partial charge is 0.461 e. The summed E-state index contributed by atoms with van der Waals surface area (Å²) in [5.41, 5.74) is 1.38. The number of amides is 1. The van der Waals surface area contributed by atoms with Crippen molar-refractivity contribution in [3.8, 4) is 0 Å². The van der Waals surface area contributed by atoms with E-state index in [1.807, 2.05) is 0 Å². The van der Waals surface area contributed by atoms with Gasteiger partial charge >= 0.3 is 0 Å². The number of nitrogens with zero attached hydrogens (tertiary/aromatic N) is 1. The zero-order valence-electron chi connectivity index (χ0n) is 11.1. The standard InChI is InChI=1S/C16H12ClNO3/c17-11-3-5-12(6-4-11)18-13(7-8-16(18)20)10-14(19)15-2-1-9-21-15/h1-6,9-10H,7-8H2/b13-10+. The third-order valence-electron chi connectivity index (χ3n) is 3.28. The van der Waals surface area contributed by atoms with E-state index in [1.165, 1.54) is 12.3 Å². The van der Waals surface area contributed by atoms with Crippen molar-refractivity contribution >= 4 is 29.0 Å². The maximum atomic E-state index is 12.1. The third-order valence-corrected chi connectivity index (χ3v) is 3.53. The van der Waals surface area contributed by atoms with Crippen molar-refractivity contribution in [3.63, 3.8) is 0 Å². The summed E-state index contributed by atoms with van der Waals surface area (Å²) in [6.07, 6.45) is 3.83. The summed E-state index contributed by atoms with van der Waals surface area (Å²) in [4.78, 5) is 25.7. The number of halogens is 1. The molecule has 3 rings (SSSR count). The molecular weight excluding hydrogens is 290 g/mol. The van der Waals surface area contributed by atoms with Crippen molar-refractivity contribution in [1.82, 2.24) is 0 Å². The van der Waals surface area contributed by atoms with E-state index in [0.717, 1.165) is 0 Å². The molecule has 0 radical (unpaired) electrons. The fourth-order valence-corrected chi connectivity index (χ4v) is 2.42. The monoisotopic (exact) mass is 301 g/mol. The molecule has 2 aromatic rings. The molecule has 1 aliphatic rings. The number of ketones is 1. The van der Waals surface area contributed by atoms with E-state index in [4.69, 9.17) is 16.0 Å². The molecule has 0 bridgehead atoms. The predicted molar refractivity (Wildman–Crippen MR) is 79.3 cm³/mol. The van der Waals surface area contributed by atoms with Crippen LogP contribution in [0.2, 0.25) is 5.02 Å². The molecule has 0 unspecified atom stereocenters. The lowest BCUT2D eigenvalue weighted by molar-refractivity contribution is -0.116. The SMILES string of the molecule is O=C(/C=C1\CCC(=O)N1c1ccc(Cl)cc1)c1ccco1. The van der Waals surface area contributed by atoms with Crippen molar-refractivity contribution in [3.05, 3.63) is 65.2 Å². The highest BCUT2D eigenvalue weighted by atomic mass is 35.5. The lowest BCUT2D eigenvalue weighted by Gasteiger charge is -2.18. The maximum absolute atomic E-state index is 12.1.